The van der Waals surface area contributed by atoms with Crippen molar-refractivity contribution in [3.8, 4) is 10.6 Å². The molecular formula is C17H18F3N3OS. The van der Waals surface area contributed by atoms with E-state index in [1.54, 1.807) is 19.1 Å². The molecule has 2 N–H and O–H groups in total. The van der Waals surface area contributed by atoms with Crippen LogP contribution in [0.4, 0.5) is 13.2 Å². The summed E-state index contributed by atoms with van der Waals surface area (Å²) in [5.74, 6) is -3.61. The molecule has 2 heterocycles. The van der Waals surface area contributed by atoms with Crippen molar-refractivity contribution in [3.05, 3.63) is 40.7 Å². The van der Waals surface area contributed by atoms with Crippen molar-refractivity contribution >= 4 is 17.2 Å². The number of hydrogen-bond donors (Lipinski definition) is 2. The number of alkyl halides is 2. The van der Waals surface area contributed by atoms with Gasteiger partial charge in [-0.05, 0) is 38.1 Å². The Kier molecular flexibility index (Phi) is 4.83. The maximum Gasteiger partial charge on any atom is 0.262 e. The highest BCUT2D eigenvalue weighted by Gasteiger charge is 2.42. The average Bonchev–Trinajstić information content (AvgIpc) is 3.10. The Bertz CT molecular complexity index is 776. The summed E-state index contributed by atoms with van der Waals surface area (Å²) >= 11 is 1.39. The van der Waals surface area contributed by atoms with Gasteiger partial charge in [0, 0.05) is 12.0 Å². The quantitative estimate of drug-likeness (QED) is 0.868. The molecule has 1 aromatic heterocycles. The molecule has 1 aromatic carbocycles. The number of nitrogens with zero attached hydrogens (tertiary/aromatic N) is 1. The van der Waals surface area contributed by atoms with Gasteiger partial charge in [0.1, 0.15) is 10.8 Å². The van der Waals surface area contributed by atoms with Crippen LogP contribution in [0.15, 0.2) is 24.3 Å². The summed E-state index contributed by atoms with van der Waals surface area (Å²) in [5, 5.41) is 6.03. The van der Waals surface area contributed by atoms with Crippen LogP contribution in [-0.2, 0) is 4.79 Å². The molecule has 1 aliphatic heterocycles. The molecule has 0 radical (unpaired) electrons. The predicted molar refractivity (Wildman–Crippen MR) is 90.2 cm³/mol. The fraction of sp³-hybridized carbons (Fsp3) is 0.412. The first-order valence-corrected chi connectivity index (χ1v) is 8.72. The zero-order valence-electron chi connectivity index (χ0n) is 13.8. The van der Waals surface area contributed by atoms with Gasteiger partial charge in [0.05, 0.1) is 29.2 Å². The van der Waals surface area contributed by atoms with Crippen molar-refractivity contribution in [1.82, 2.24) is 15.6 Å². The number of aryl methyl sites for hydroxylation is 1. The number of nitrogens with one attached hydrogen (secondary N) is 2. The molecule has 8 heteroatoms. The van der Waals surface area contributed by atoms with Crippen molar-refractivity contribution < 1.29 is 18.0 Å². The number of halogens is 3. The third-order valence-electron chi connectivity index (χ3n) is 4.10. The summed E-state index contributed by atoms with van der Waals surface area (Å²) in [6.07, 6.45) is -0.492. The molecule has 2 aromatic rings. The van der Waals surface area contributed by atoms with Crippen molar-refractivity contribution in [2.45, 2.75) is 38.3 Å². The molecule has 25 heavy (non-hydrogen) atoms. The highest BCUT2D eigenvalue weighted by atomic mass is 32.1. The van der Waals surface area contributed by atoms with E-state index in [0.29, 0.717) is 0 Å². The van der Waals surface area contributed by atoms with E-state index in [1.165, 1.54) is 23.5 Å². The molecule has 1 amide bonds. The number of amides is 1. The summed E-state index contributed by atoms with van der Waals surface area (Å²) in [5.41, 5.74) is 1.54. The second-order valence-corrected chi connectivity index (χ2v) is 7.23. The molecular weight excluding hydrogens is 351 g/mol. The lowest BCUT2D eigenvalue weighted by Gasteiger charge is -2.16. The van der Waals surface area contributed by atoms with Gasteiger partial charge in [0.25, 0.3) is 5.92 Å². The molecule has 1 aliphatic rings. The number of carbonyl (C=O) groups excluding carboxylic acids is 1. The van der Waals surface area contributed by atoms with Gasteiger partial charge in [-0.15, -0.1) is 11.3 Å². The van der Waals surface area contributed by atoms with E-state index in [-0.39, 0.29) is 11.9 Å². The second-order valence-electron chi connectivity index (χ2n) is 6.20. The van der Waals surface area contributed by atoms with Gasteiger partial charge in [0.2, 0.25) is 5.91 Å². The summed E-state index contributed by atoms with van der Waals surface area (Å²) in [6.45, 7) is 3.14. The van der Waals surface area contributed by atoms with Crippen molar-refractivity contribution in [2.75, 3.05) is 6.54 Å². The number of benzene rings is 1. The second kappa shape index (κ2) is 6.76. The standard InChI is InChI=1S/C17H18F3N3OS/c1-9(22-15(24)13-7-17(19,20)8-21-13)14-10(2)23-16(25-14)11-3-5-12(18)6-4-11/h3-6,9,13,21H,7-8H2,1-2H3,(H,22,24). The fourth-order valence-electron chi connectivity index (χ4n) is 2.81. The minimum Gasteiger partial charge on any atom is -0.347 e. The van der Waals surface area contributed by atoms with Crippen LogP contribution in [0.1, 0.15) is 30.0 Å². The molecule has 0 saturated carbocycles. The Morgan fingerprint density at radius 2 is 2.08 bits per heavy atom. The van der Waals surface area contributed by atoms with E-state index >= 15 is 0 Å². The van der Waals surface area contributed by atoms with Gasteiger partial charge < -0.3 is 5.32 Å². The topological polar surface area (TPSA) is 54.0 Å². The molecule has 0 spiro atoms. The molecule has 2 unspecified atom stereocenters. The van der Waals surface area contributed by atoms with Crippen LogP contribution in [0.2, 0.25) is 0 Å². The molecule has 0 bridgehead atoms. The van der Waals surface area contributed by atoms with Crippen LogP contribution in [0.3, 0.4) is 0 Å². The summed E-state index contributed by atoms with van der Waals surface area (Å²) in [6, 6.07) is 4.78. The molecule has 134 valence electrons. The lowest BCUT2D eigenvalue weighted by Crippen LogP contribution is -2.41. The van der Waals surface area contributed by atoms with Gasteiger partial charge in [-0.25, -0.2) is 18.2 Å². The minimum atomic E-state index is -2.85. The van der Waals surface area contributed by atoms with E-state index in [0.717, 1.165) is 21.1 Å². The van der Waals surface area contributed by atoms with Crippen LogP contribution >= 0.6 is 11.3 Å². The van der Waals surface area contributed by atoms with Crippen LogP contribution < -0.4 is 10.6 Å². The Labute approximate surface area is 147 Å². The van der Waals surface area contributed by atoms with E-state index in [2.05, 4.69) is 15.6 Å². The van der Waals surface area contributed by atoms with Crippen LogP contribution in [-0.4, -0.2) is 29.4 Å². The highest BCUT2D eigenvalue weighted by Crippen LogP contribution is 2.32. The van der Waals surface area contributed by atoms with Crippen LogP contribution in [0.25, 0.3) is 10.6 Å². The third kappa shape index (κ3) is 4.01. The predicted octanol–water partition coefficient (Wildman–Crippen LogP) is 3.43. The number of hydrogen-bond acceptors (Lipinski definition) is 4. The molecule has 0 aliphatic carbocycles. The summed E-state index contributed by atoms with van der Waals surface area (Å²) in [4.78, 5) is 17.5. The SMILES string of the molecule is Cc1nc(-c2ccc(F)cc2)sc1C(C)NC(=O)C1CC(F)(F)CN1. The zero-order chi connectivity index (χ0) is 18.2. The lowest BCUT2D eigenvalue weighted by atomic mass is 10.1. The maximum atomic E-state index is 13.2. The van der Waals surface area contributed by atoms with Crippen LogP contribution in [0.5, 0.6) is 0 Å². The maximum absolute atomic E-state index is 13.2. The first kappa shape index (κ1) is 17.9. The Hall–Kier alpha value is -1.93. The summed E-state index contributed by atoms with van der Waals surface area (Å²) in [7, 11) is 0. The number of aromatic nitrogens is 1. The highest BCUT2D eigenvalue weighted by molar-refractivity contribution is 7.15. The van der Waals surface area contributed by atoms with Gasteiger partial charge in [0.15, 0.2) is 0 Å². The monoisotopic (exact) mass is 369 g/mol. The van der Waals surface area contributed by atoms with E-state index in [4.69, 9.17) is 0 Å². The molecule has 3 rings (SSSR count). The Morgan fingerprint density at radius 1 is 1.40 bits per heavy atom. The van der Waals surface area contributed by atoms with Gasteiger partial charge in [-0.3, -0.25) is 10.1 Å². The van der Waals surface area contributed by atoms with Gasteiger partial charge in [-0.2, -0.15) is 0 Å². The van der Waals surface area contributed by atoms with Gasteiger partial charge >= 0.3 is 0 Å². The summed E-state index contributed by atoms with van der Waals surface area (Å²) < 4.78 is 39.5. The fourth-order valence-corrected chi connectivity index (χ4v) is 3.88. The van der Waals surface area contributed by atoms with E-state index in [1.807, 2.05) is 6.92 Å². The van der Waals surface area contributed by atoms with Crippen LogP contribution in [0, 0.1) is 12.7 Å². The van der Waals surface area contributed by atoms with Crippen molar-refractivity contribution in [3.63, 3.8) is 0 Å². The first-order chi connectivity index (χ1) is 11.7. The van der Waals surface area contributed by atoms with E-state index < -0.39 is 30.8 Å². The van der Waals surface area contributed by atoms with Crippen molar-refractivity contribution in [1.29, 1.82) is 0 Å². The molecule has 4 nitrogen and oxygen atoms in total. The normalized spacial score (nSPS) is 20.4. The minimum absolute atomic E-state index is 0.321. The van der Waals surface area contributed by atoms with Gasteiger partial charge in [-0.1, -0.05) is 0 Å². The molecule has 2 atom stereocenters. The number of rotatable bonds is 4. The Balaban J connectivity index is 1.71. The molecule has 1 fully saturated rings. The largest absolute Gasteiger partial charge is 0.347 e. The van der Waals surface area contributed by atoms with E-state index in [9.17, 15) is 18.0 Å². The first-order valence-electron chi connectivity index (χ1n) is 7.90. The third-order valence-corrected chi connectivity index (χ3v) is 5.49. The zero-order valence-corrected chi connectivity index (χ0v) is 14.6. The number of thiazole rings is 1. The van der Waals surface area contributed by atoms with Crippen molar-refractivity contribution in [2.24, 2.45) is 0 Å². The average molecular weight is 369 g/mol. The number of carbonyl (C=O) groups is 1. The smallest absolute Gasteiger partial charge is 0.262 e. The lowest BCUT2D eigenvalue weighted by molar-refractivity contribution is -0.124. The molecule has 1 saturated heterocycles. The Morgan fingerprint density at radius 3 is 2.68 bits per heavy atom.